The summed E-state index contributed by atoms with van der Waals surface area (Å²) in [5.74, 6) is -0.0731. The van der Waals surface area contributed by atoms with Crippen LogP contribution in [-0.4, -0.2) is 49.9 Å². The SMILES string of the molecule is COCOC(=O)N1CCC(NC(=O)c2ccccc2)CC1. The van der Waals surface area contributed by atoms with Gasteiger partial charge in [0.05, 0.1) is 0 Å². The van der Waals surface area contributed by atoms with E-state index in [1.54, 1.807) is 17.0 Å². The first-order chi connectivity index (χ1) is 10.2. The van der Waals surface area contributed by atoms with Crippen molar-refractivity contribution >= 4 is 12.0 Å². The van der Waals surface area contributed by atoms with Gasteiger partial charge in [0.25, 0.3) is 5.91 Å². The number of carbonyl (C=O) groups is 2. The highest BCUT2D eigenvalue weighted by Gasteiger charge is 2.24. The minimum absolute atomic E-state index is 0.0382. The van der Waals surface area contributed by atoms with Crippen LogP contribution in [0.3, 0.4) is 0 Å². The van der Waals surface area contributed by atoms with Gasteiger partial charge in [0.1, 0.15) is 0 Å². The number of likely N-dealkylation sites (tertiary alicyclic amines) is 1. The largest absolute Gasteiger partial charge is 0.422 e. The summed E-state index contributed by atoms with van der Waals surface area (Å²) in [6, 6.07) is 9.20. The molecule has 0 radical (unpaired) electrons. The van der Waals surface area contributed by atoms with Gasteiger partial charge in [-0.25, -0.2) is 4.79 Å². The summed E-state index contributed by atoms with van der Waals surface area (Å²) < 4.78 is 9.59. The summed E-state index contributed by atoms with van der Waals surface area (Å²) in [5, 5.41) is 3.00. The number of nitrogens with one attached hydrogen (secondary N) is 1. The molecule has 1 aliphatic heterocycles. The molecule has 2 amide bonds. The molecule has 0 aliphatic carbocycles. The van der Waals surface area contributed by atoms with Gasteiger partial charge in [0.15, 0.2) is 6.79 Å². The van der Waals surface area contributed by atoms with Crippen molar-refractivity contribution in [2.24, 2.45) is 0 Å². The first-order valence-electron chi connectivity index (χ1n) is 6.97. The van der Waals surface area contributed by atoms with E-state index < -0.39 is 0 Å². The number of piperidine rings is 1. The summed E-state index contributed by atoms with van der Waals surface area (Å²) in [7, 11) is 1.47. The lowest BCUT2D eigenvalue weighted by Crippen LogP contribution is -2.46. The zero-order chi connectivity index (χ0) is 15.1. The number of ether oxygens (including phenoxy) is 2. The molecule has 0 saturated carbocycles. The normalized spacial score (nSPS) is 15.6. The van der Waals surface area contributed by atoms with Crippen molar-refractivity contribution in [3.8, 4) is 0 Å². The summed E-state index contributed by atoms with van der Waals surface area (Å²) in [6.07, 6.45) is 1.08. The van der Waals surface area contributed by atoms with Gasteiger partial charge in [-0.3, -0.25) is 4.79 Å². The van der Waals surface area contributed by atoms with E-state index in [2.05, 4.69) is 5.32 Å². The molecule has 0 unspecified atom stereocenters. The number of hydrogen-bond acceptors (Lipinski definition) is 4. The third-order valence-electron chi connectivity index (χ3n) is 3.42. The highest BCUT2D eigenvalue weighted by atomic mass is 16.7. The van der Waals surface area contributed by atoms with Gasteiger partial charge in [0, 0.05) is 31.8 Å². The number of carbonyl (C=O) groups excluding carboxylic acids is 2. The molecule has 1 aromatic carbocycles. The van der Waals surface area contributed by atoms with Crippen LogP contribution in [0.5, 0.6) is 0 Å². The molecule has 0 bridgehead atoms. The Hall–Kier alpha value is -2.08. The smallest absolute Gasteiger partial charge is 0.411 e. The number of benzene rings is 1. The van der Waals surface area contributed by atoms with Crippen LogP contribution < -0.4 is 5.32 Å². The molecule has 114 valence electrons. The zero-order valence-electron chi connectivity index (χ0n) is 12.1. The molecule has 0 aromatic heterocycles. The predicted octanol–water partition coefficient (Wildman–Crippen LogP) is 1.62. The molecule has 1 N–H and O–H groups in total. The Morgan fingerprint density at radius 1 is 1.24 bits per heavy atom. The third-order valence-corrected chi connectivity index (χ3v) is 3.42. The molecule has 2 rings (SSSR count). The molecule has 1 saturated heterocycles. The van der Waals surface area contributed by atoms with Crippen molar-refractivity contribution in [3.05, 3.63) is 35.9 Å². The average molecular weight is 292 g/mol. The first kappa shape index (κ1) is 15.3. The van der Waals surface area contributed by atoms with Gasteiger partial charge in [-0.15, -0.1) is 0 Å². The number of hydrogen-bond donors (Lipinski definition) is 1. The molecule has 6 nitrogen and oxygen atoms in total. The molecule has 1 heterocycles. The summed E-state index contributed by atoms with van der Waals surface area (Å²) >= 11 is 0. The van der Waals surface area contributed by atoms with Gasteiger partial charge >= 0.3 is 6.09 Å². The van der Waals surface area contributed by atoms with E-state index in [0.717, 1.165) is 12.8 Å². The molecule has 21 heavy (non-hydrogen) atoms. The van der Waals surface area contributed by atoms with Crippen LogP contribution in [0.1, 0.15) is 23.2 Å². The quantitative estimate of drug-likeness (QED) is 0.856. The fourth-order valence-corrected chi connectivity index (χ4v) is 2.27. The fourth-order valence-electron chi connectivity index (χ4n) is 2.27. The monoisotopic (exact) mass is 292 g/mol. The van der Waals surface area contributed by atoms with E-state index in [0.29, 0.717) is 18.7 Å². The van der Waals surface area contributed by atoms with Crippen LogP contribution in [0.2, 0.25) is 0 Å². The maximum absolute atomic E-state index is 12.0. The molecule has 0 atom stereocenters. The van der Waals surface area contributed by atoms with E-state index in [9.17, 15) is 9.59 Å². The maximum atomic E-state index is 12.0. The highest BCUT2D eigenvalue weighted by molar-refractivity contribution is 5.94. The standard InChI is InChI=1S/C15H20N2O4/c1-20-11-21-15(19)17-9-7-13(8-10-17)16-14(18)12-5-3-2-4-6-12/h2-6,13H,7-11H2,1H3,(H,16,18). The Balaban J connectivity index is 1.77. The van der Waals surface area contributed by atoms with Crippen LogP contribution in [-0.2, 0) is 9.47 Å². The minimum Gasteiger partial charge on any atom is -0.422 e. The van der Waals surface area contributed by atoms with Crippen LogP contribution in [0.4, 0.5) is 4.79 Å². The zero-order valence-corrected chi connectivity index (χ0v) is 12.1. The minimum atomic E-state index is -0.371. The van der Waals surface area contributed by atoms with Crippen molar-refractivity contribution in [2.45, 2.75) is 18.9 Å². The van der Waals surface area contributed by atoms with Crippen LogP contribution in [0, 0.1) is 0 Å². The van der Waals surface area contributed by atoms with Crippen LogP contribution >= 0.6 is 0 Å². The van der Waals surface area contributed by atoms with Gasteiger partial charge in [-0.05, 0) is 25.0 Å². The lowest BCUT2D eigenvalue weighted by atomic mass is 10.0. The van der Waals surface area contributed by atoms with Crippen LogP contribution in [0.25, 0.3) is 0 Å². The predicted molar refractivity (Wildman–Crippen MR) is 76.9 cm³/mol. The average Bonchev–Trinajstić information content (AvgIpc) is 2.54. The Morgan fingerprint density at radius 2 is 1.90 bits per heavy atom. The second-order valence-electron chi connectivity index (χ2n) is 4.92. The second-order valence-corrected chi connectivity index (χ2v) is 4.92. The lowest BCUT2D eigenvalue weighted by molar-refractivity contribution is -0.00723. The van der Waals surface area contributed by atoms with E-state index in [1.165, 1.54) is 7.11 Å². The number of methoxy groups -OCH3 is 1. The van der Waals surface area contributed by atoms with Gasteiger partial charge in [0.2, 0.25) is 0 Å². The van der Waals surface area contributed by atoms with Gasteiger partial charge < -0.3 is 19.7 Å². The van der Waals surface area contributed by atoms with Gasteiger partial charge in [-0.1, -0.05) is 18.2 Å². The number of amides is 2. The summed E-state index contributed by atoms with van der Waals surface area (Å²) in [6.45, 7) is 1.11. The summed E-state index contributed by atoms with van der Waals surface area (Å²) in [5.41, 5.74) is 0.652. The number of rotatable bonds is 4. The molecule has 1 fully saturated rings. The molecular formula is C15H20N2O4. The maximum Gasteiger partial charge on any atom is 0.411 e. The Morgan fingerprint density at radius 3 is 2.52 bits per heavy atom. The van der Waals surface area contributed by atoms with Crippen LogP contribution in [0.15, 0.2) is 30.3 Å². The molecule has 0 spiro atoms. The van der Waals surface area contributed by atoms with Crippen molar-refractivity contribution in [1.82, 2.24) is 10.2 Å². The highest BCUT2D eigenvalue weighted by Crippen LogP contribution is 2.12. The van der Waals surface area contributed by atoms with E-state index in [4.69, 9.17) is 9.47 Å². The van der Waals surface area contributed by atoms with Crippen molar-refractivity contribution in [1.29, 1.82) is 0 Å². The number of nitrogens with zero attached hydrogens (tertiary/aromatic N) is 1. The summed E-state index contributed by atoms with van der Waals surface area (Å²) in [4.78, 5) is 25.3. The van der Waals surface area contributed by atoms with Crippen molar-refractivity contribution in [2.75, 3.05) is 27.0 Å². The molecular weight excluding hydrogens is 272 g/mol. The van der Waals surface area contributed by atoms with Crippen molar-refractivity contribution in [3.63, 3.8) is 0 Å². The Kier molecular flexibility index (Phi) is 5.57. The lowest BCUT2D eigenvalue weighted by Gasteiger charge is -2.31. The Bertz CT molecular complexity index is 470. The molecule has 6 heteroatoms. The van der Waals surface area contributed by atoms with E-state index in [-0.39, 0.29) is 24.8 Å². The fraction of sp³-hybridized carbons (Fsp3) is 0.467. The first-order valence-corrected chi connectivity index (χ1v) is 6.97. The van der Waals surface area contributed by atoms with Crippen molar-refractivity contribution < 1.29 is 19.1 Å². The third kappa shape index (κ3) is 4.46. The Labute approximate surface area is 124 Å². The second kappa shape index (κ2) is 7.64. The topological polar surface area (TPSA) is 67.9 Å². The van der Waals surface area contributed by atoms with E-state index in [1.807, 2.05) is 18.2 Å². The molecule has 1 aliphatic rings. The molecule has 1 aromatic rings. The van der Waals surface area contributed by atoms with Gasteiger partial charge in [-0.2, -0.15) is 0 Å². The van der Waals surface area contributed by atoms with E-state index >= 15 is 0 Å².